The lowest BCUT2D eigenvalue weighted by atomic mass is 10.1. The fourth-order valence-electron chi connectivity index (χ4n) is 2.33. The smallest absolute Gasteiger partial charge is 0.269 e. The molecular weight excluding hydrogens is 370 g/mol. The van der Waals surface area contributed by atoms with Gasteiger partial charge >= 0.3 is 0 Å². The van der Waals surface area contributed by atoms with Crippen molar-refractivity contribution in [1.29, 1.82) is 0 Å². The number of rotatable bonds is 6. The molecule has 2 amide bonds. The summed E-state index contributed by atoms with van der Waals surface area (Å²) in [5, 5.41) is 16.1. The van der Waals surface area contributed by atoms with Gasteiger partial charge in [-0.05, 0) is 44.5 Å². The molecule has 7 heteroatoms. The number of nitrogens with zero attached hydrogens (tertiary/aromatic N) is 1. The highest BCUT2D eigenvalue weighted by molar-refractivity contribution is 6.03. The van der Waals surface area contributed by atoms with Crippen LogP contribution >= 0.6 is 0 Å². The van der Waals surface area contributed by atoms with Gasteiger partial charge in [-0.2, -0.15) is 0 Å². The van der Waals surface area contributed by atoms with Gasteiger partial charge in [0, 0.05) is 23.2 Å². The largest absolute Gasteiger partial charge is 0.346 e. The van der Waals surface area contributed by atoms with Crippen LogP contribution in [0.15, 0.2) is 72.4 Å². The van der Waals surface area contributed by atoms with Gasteiger partial charge in [-0.3, -0.25) is 19.7 Å². The van der Waals surface area contributed by atoms with E-state index in [1.165, 1.54) is 30.3 Å². The predicted molar refractivity (Wildman–Crippen MR) is 112 cm³/mol. The van der Waals surface area contributed by atoms with Gasteiger partial charge in [0.2, 0.25) is 0 Å². The van der Waals surface area contributed by atoms with Gasteiger partial charge in [0.25, 0.3) is 17.5 Å². The highest BCUT2D eigenvalue weighted by Crippen LogP contribution is 2.12. The molecule has 0 aliphatic heterocycles. The number of amides is 2. The van der Waals surface area contributed by atoms with E-state index < -0.39 is 22.3 Å². The van der Waals surface area contributed by atoms with E-state index in [1.54, 1.807) is 6.08 Å². The summed E-state index contributed by atoms with van der Waals surface area (Å²) >= 11 is 0. The Morgan fingerprint density at radius 3 is 2.17 bits per heavy atom. The number of nitro benzene ring substituents is 1. The minimum Gasteiger partial charge on any atom is -0.346 e. The molecule has 0 aliphatic carbocycles. The molecule has 7 nitrogen and oxygen atoms in total. The van der Waals surface area contributed by atoms with Gasteiger partial charge in [-0.15, -0.1) is 0 Å². The van der Waals surface area contributed by atoms with Crippen LogP contribution in [0.2, 0.25) is 0 Å². The Morgan fingerprint density at radius 1 is 1.00 bits per heavy atom. The van der Waals surface area contributed by atoms with Crippen LogP contribution in [0.25, 0.3) is 6.08 Å². The van der Waals surface area contributed by atoms with Crippen LogP contribution in [0, 0.1) is 10.1 Å². The molecule has 0 atom stereocenters. The zero-order valence-electron chi connectivity index (χ0n) is 16.5. The molecule has 150 valence electrons. The van der Waals surface area contributed by atoms with Crippen LogP contribution in [-0.2, 0) is 4.79 Å². The number of hydrogen-bond acceptors (Lipinski definition) is 4. The zero-order chi connectivity index (χ0) is 21.4. The Labute approximate surface area is 169 Å². The molecule has 2 rings (SSSR count). The fraction of sp³-hybridized carbons (Fsp3) is 0.182. The Hall–Kier alpha value is -3.74. The minimum absolute atomic E-state index is 0.0652. The first-order valence-electron chi connectivity index (χ1n) is 8.97. The normalized spacial score (nSPS) is 11.9. The van der Waals surface area contributed by atoms with E-state index in [-0.39, 0.29) is 16.9 Å². The maximum Gasteiger partial charge on any atom is 0.269 e. The summed E-state index contributed by atoms with van der Waals surface area (Å²) in [6.45, 7) is 5.50. The second kappa shape index (κ2) is 9.45. The molecule has 2 aromatic rings. The van der Waals surface area contributed by atoms with Gasteiger partial charge in [0.15, 0.2) is 0 Å². The lowest BCUT2D eigenvalue weighted by Gasteiger charge is -2.21. The third-order valence-electron chi connectivity index (χ3n) is 3.67. The third-order valence-corrected chi connectivity index (χ3v) is 3.67. The lowest BCUT2D eigenvalue weighted by molar-refractivity contribution is -0.384. The second-order valence-electron chi connectivity index (χ2n) is 7.31. The summed E-state index contributed by atoms with van der Waals surface area (Å²) in [7, 11) is 0. The average Bonchev–Trinajstić information content (AvgIpc) is 2.66. The second-order valence-corrected chi connectivity index (χ2v) is 7.31. The SMILES string of the molecule is CC(C)(C)NC(=O)/C(=C\C=C\c1ccccc1)NC(=O)c1ccc([N+](=O)[O-])cc1. The van der Waals surface area contributed by atoms with Crippen molar-refractivity contribution in [3.8, 4) is 0 Å². The van der Waals surface area contributed by atoms with Gasteiger partial charge in [-0.25, -0.2) is 0 Å². The van der Waals surface area contributed by atoms with Crippen LogP contribution in [0.3, 0.4) is 0 Å². The van der Waals surface area contributed by atoms with E-state index in [0.717, 1.165) is 5.56 Å². The molecule has 0 fully saturated rings. The minimum atomic E-state index is -0.543. The van der Waals surface area contributed by atoms with Crippen LogP contribution in [0.1, 0.15) is 36.7 Å². The first-order valence-corrected chi connectivity index (χ1v) is 8.97. The first kappa shape index (κ1) is 21.6. The van der Waals surface area contributed by atoms with E-state index >= 15 is 0 Å². The highest BCUT2D eigenvalue weighted by atomic mass is 16.6. The summed E-state index contributed by atoms with van der Waals surface area (Å²) in [5.74, 6) is -0.978. The standard InChI is InChI=1S/C22H23N3O4/c1-22(2,3)24-21(27)19(11-7-10-16-8-5-4-6-9-16)23-20(26)17-12-14-18(15-13-17)25(28)29/h4-15H,1-3H3,(H,23,26)(H,24,27)/b10-7+,19-11+. The van der Waals surface area contributed by atoms with Crippen molar-refractivity contribution < 1.29 is 14.5 Å². The number of benzene rings is 2. The molecule has 0 spiro atoms. The molecule has 0 aromatic heterocycles. The number of nitro groups is 1. The molecule has 0 radical (unpaired) electrons. The van der Waals surface area contributed by atoms with E-state index in [2.05, 4.69) is 10.6 Å². The van der Waals surface area contributed by atoms with Crippen molar-refractivity contribution in [1.82, 2.24) is 10.6 Å². The van der Waals surface area contributed by atoms with Crippen LogP contribution in [0.4, 0.5) is 5.69 Å². The highest BCUT2D eigenvalue weighted by Gasteiger charge is 2.19. The zero-order valence-corrected chi connectivity index (χ0v) is 16.5. The molecule has 0 heterocycles. The summed E-state index contributed by atoms with van der Waals surface area (Å²) in [5.41, 5.74) is 0.611. The predicted octanol–water partition coefficient (Wildman–Crippen LogP) is 3.84. The molecule has 0 saturated heterocycles. The number of nitrogens with one attached hydrogen (secondary N) is 2. The summed E-state index contributed by atoms with van der Waals surface area (Å²) in [4.78, 5) is 35.3. The van der Waals surface area contributed by atoms with Gasteiger partial charge in [-0.1, -0.05) is 42.5 Å². The fourth-order valence-corrected chi connectivity index (χ4v) is 2.33. The maximum atomic E-state index is 12.6. The average molecular weight is 393 g/mol. The summed E-state index contributed by atoms with van der Waals surface area (Å²) in [6.07, 6.45) is 4.99. The molecule has 2 aromatic carbocycles. The summed E-state index contributed by atoms with van der Waals surface area (Å²) < 4.78 is 0. The van der Waals surface area contributed by atoms with Crippen molar-refractivity contribution in [3.05, 3.63) is 93.7 Å². The summed E-state index contributed by atoms with van der Waals surface area (Å²) in [6, 6.07) is 14.7. The topological polar surface area (TPSA) is 101 Å². The number of carbonyl (C=O) groups is 2. The molecule has 0 saturated carbocycles. The van der Waals surface area contributed by atoms with Crippen LogP contribution in [-0.4, -0.2) is 22.3 Å². The van der Waals surface area contributed by atoms with Crippen LogP contribution in [0.5, 0.6) is 0 Å². The molecule has 0 bridgehead atoms. The maximum absolute atomic E-state index is 12.6. The van der Waals surface area contributed by atoms with Gasteiger partial charge in [0.1, 0.15) is 5.70 Å². The van der Waals surface area contributed by atoms with E-state index in [0.29, 0.717) is 0 Å². The Kier molecular flexibility index (Phi) is 7.03. The van der Waals surface area contributed by atoms with Crippen molar-refractivity contribution in [3.63, 3.8) is 0 Å². The monoisotopic (exact) mass is 393 g/mol. The quantitative estimate of drug-likeness (QED) is 0.337. The molecular formula is C22H23N3O4. The Morgan fingerprint density at radius 2 is 1.62 bits per heavy atom. The van der Waals surface area contributed by atoms with Crippen molar-refractivity contribution in [2.24, 2.45) is 0 Å². The molecule has 29 heavy (non-hydrogen) atoms. The molecule has 0 unspecified atom stereocenters. The number of allylic oxidation sites excluding steroid dienone is 2. The number of carbonyl (C=O) groups excluding carboxylic acids is 2. The van der Waals surface area contributed by atoms with Gasteiger partial charge < -0.3 is 10.6 Å². The number of non-ortho nitro benzene ring substituents is 1. The Balaban J connectivity index is 2.22. The van der Waals surface area contributed by atoms with Gasteiger partial charge in [0.05, 0.1) is 4.92 Å². The van der Waals surface area contributed by atoms with Crippen molar-refractivity contribution >= 4 is 23.6 Å². The third kappa shape index (κ3) is 7.06. The number of hydrogen-bond donors (Lipinski definition) is 2. The van der Waals surface area contributed by atoms with E-state index in [9.17, 15) is 19.7 Å². The molecule has 0 aliphatic rings. The van der Waals surface area contributed by atoms with E-state index in [1.807, 2.05) is 57.2 Å². The first-order chi connectivity index (χ1) is 13.7. The van der Waals surface area contributed by atoms with Crippen molar-refractivity contribution in [2.45, 2.75) is 26.3 Å². The Bertz CT molecular complexity index is 940. The molecule has 2 N–H and O–H groups in total. The van der Waals surface area contributed by atoms with E-state index in [4.69, 9.17) is 0 Å². The van der Waals surface area contributed by atoms with Crippen molar-refractivity contribution in [2.75, 3.05) is 0 Å². The van der Waals surface area contributed by atoms with Crippen LogP contribution < -0.4 is 10.6 Å². The lowest BCUT2D eigenvalue weighted by Crippen LogP contribution is -2.44.